The van der Waals surface area contributed by atoms with E-state index in [4.69, 9.17) is 16.0 Å². The van der Waals surface area contributed by atoms with E-state index in [-0.39, 0.29) is 5.91 Å². The van der Waals surface area contributed by atoms with Crippen molar-refractivity contribution in [3.8, 4) is 0 Å². The maximum Gasteiger partial charge on any atom is 0.289 e. The third-order valence-electron chi connectivity index (χ3n) is 5.02. The lowest BCUT2D eigenvalue weighted by Crippen LogP contribution is -2.49. The molecule has 28 heavy (non-hydrogen) atoms. The number of amides is 1. The number of nitrogens with zero attached hydrogens (tertiary/aromatic N) is 4. The molecule has 0 unspecified atom stereocenters. The number of carbonyl (C=O) groups excluding carboxylic acids is 1. The molecule has 140 valence electrons. The Morgan fingerprint density at radius 3 is 2.64 bits per heavy atom. The Kier molecular flexibility index (Phi) is 4.13. The largest absolute Gasteiger partial charge is 0.433 e. The molecule has 5 rings (SSSR count). The molecule has 3 aromatic heterocycles. The van der Waals surface area contributed by atoms with Gasteiger partial charge >= 0.3 is 0 Å². The van der Waals surface area contributed by atoms with Crippen molar-refractivity contribution < 1.29 is 9.21 Å². The number of hydrogen-bond acceptors (Lipinski definition) is 5. The summed E-state index contributed by atoms with van der Waals surface area (Å²) >= 11 is 6.04. The van der Waals surface area contributed by atoms with Gasteiger partial charge in [-0.05, 0) is 36.4 Å². The van der Waals surface area contributed by atoms with Crippen LogP contribution in [-0.4, -0.2) is 47.0 Å². The average molecular weight is 393 g/mol. The van der Waals surface area contributed by atoms with Crippen molar-refractivity contribution >= 4 is 45.3 Å². The van der Waals surface area contributed by atoms with Crippen molar-refractivity contribution in [1.29, 1.82) is 0 Å². The zero-order valence-electron chi connectivity index (χ0n) is 15.0. The normalized spacial score (nSPS) is 14.8. The minimum absolute atomic E-state index is 0.110. The zero-order valence-corrected chi connectivity index (χ0v) is 15.8. The van der Waals surface area contributed by atoms with E-state index in [1.807, 2.05) is 41.3 Å². The van der Waals surface area contributed by atoms with E-state index in [0.29, 0.717) is 29.6 Å². The van der Waals surface area contributed by atoms with E-state index in [0.717, 1.165) is 35.2 Å². The molecule has 1 aromatic carbocycles. The Morgan fingerprint density at radius 2 is 1.86 bits per heavy atom. The minimum Gasteiger partial charge on any atom is -0.433 e. The third kappa shape index (κ3) is 3.05. The number of fused-ring (bicyclic) bond motifs is 2. The number of pyridine rings is 2. The Hall–Kier alpha value is -3.12. The standard InChI is InChI=1S/C21H17ClN4O2/c22-16-5-4-14-11-15-12-18(28-20(15)24-17(14)13-16)21(27)26-9-7-25(8-10-26)19-3-1-2-6-23-19/h1-6,11-13H,7-10H2. The summed E-state index contributed by atoms with van der Waals surface area (Å²) in [7, 11) is 0. The fraction of sp³-hybridized carbons (Fsp3) is 0.190. The van der Waals surface area contributed by atoms with Gasteiger partial charge < -0.3 is 14.2 Å². The molecular weight excluding hydrogens is 376 g/mol. The van der Waals surface area contributed by atoms with Crippen LogP contribution in [0.4, 0.5) is 5.82 Å². The van der Waals surface area contributed by atoms with Gasteiger partial charge in [0.1, 0.15) is 5.82 Å². The van der Waals surface area contributed by atoms with E-state index >= 15 is 0 Å². The minimum atomic E-state index is -0.110. The molecule has 0 aliphatic carbocycles. The van der Waals surface area contributed by atoms with Crippen LogP contribution in [0.15, 0.2) is 59.1 Å². The number of piperazine rings is 1. The second-order valence-electron chi connectivity index (χ2n) is 6.80. The van der Waals surface area contributed by atoms with Crippen LogP contribution in [0.1, 0.15) is 10.6 Å². The number of benzene rings is 1. The maximum absolute atomic E-state index is 12.9. The van der Waals surface area contributed by atoms with Gasteiger partial charge in [0, 0.05) is 48.2 Å². The van der Waals surface area contributed by atoms with E-state index in [2.05, 4.69) is 14.9 Å². The summed E-state index contributed by atoms with van der Waals surface area (Å²) < 4.78 is 5.77. The van der Waals surface area contributed by atoms with Gasteiger partial charge in [0.15, 0.2) is 5.76 Å². The zero-order chi connectivity index (χ0) is 19.1. The maximum atomic E-state index is 12.9. The summed E-state index contributed by atoms with van der Waals surface area (Å²) in [4.78, 5) is 25.8. The average Bonchev–Trinajstić information content (AvgIpc) is 3.15. The number of furan rings is 1. The van der Waals surface area contributed by atoms with E-state index in [1.54, 1.807) is 18.3 Å². The highest BCUT2D eigenvalue weighted by atomic mass is 35.5. The van der Waals surface area contributed by atoms with Crippen molar-refractivity contribution in [3.63, 3.8) is 0 Å². The summed E-state index contributed by atoms with van der Waals surface area (Å²) in [5.74, 6) is 1.14. The molecule has 0 N–H and O–H groups in total. The first-order chi connectivity index (χ1) is 13.7. The number of carbonyl (C=O) groups is 1. The molecule has 0 bridgehead atoms. The second-order valence-corrected chi connectivity index (χ2v) is 7.23. The molecule has 1 aliphatic rings. The van der Waals surface area contributed by atoms with Gasteiger partial charge in [-0.25, -0.2) is 9.97 Å². The smallest absolute Gasteiger partial charge is 0.289 e. The van der Waals surface area contributed by atoms with E-state index in [9.17, 15) is 4.79 Å². The molecule has 0 atom stereocenters. The third-order valence-corrected chi connectivity index (χ3v) is 5.25. The SMILES string of the molecule is O=C(c1cc2cc3ccc(Cl)cc3nc2o1)N1CCN(c2ccccn2)CC1. The summed E-state index contributed by atoms with van der Waals surface area (Å²) in [6.07, 6.45) is 1.78. The Labute approximate surface area is 166 Å². The quantitative estimate of drug-likeness (QED) is 0.516. The van der Waals surface area contributed by atoms with Gasteiger partial charge in [0.05, 0.1) is 5.52 Å². The highest BCUT2D eigenvalue weighted by molar-refractivity contribution is 6.31. The number of aromatic nitrogens is 2. The predicted octanol–water partition coefficient (Wildman–Crippen LogP) is 3.99. The van der Waals surface area contributed by atoms with Gasteiger partial charge in [-0.2, -0.15) is 0 Å². The van der Waals surface area contributed by atoms with Gasteiger partial charge in [-0.3, -0.25) is 4.79 Å². The molecule has 7 heteroatoms. The first-order valence-electron chi connectivity index (χ1n) is 9.12. The van der Waals surface area contributed by atoms with Crippen LogP contribution in [0.25, 0.3) is 22.0 Å². The highest BCUT2D eigenvalue weighted by Crippen LogP contribution is 2.26. The molecule has 0 saturated carbocycles. The Bertz CT molecular complexity index is 1170. The van der Waals surface area contributed by atoms with Gasteiger partial charge in [-0.15, -0.1) is 0 Å². The molecule has 4 heterocycles. The lowest BCUT2D eigenvalue weighted by molar-refractivity contribution is 0.0716. The van der Waals surface area contributed by atoms with Crippen molar-refractivity contribution in [3.05, 3.63) is 65.5 Å². The van der Waals surface area contributed by atoms with E-state index < -0.39 is 0 Å². The molecule has 1 aliphatic heterocycles. The molecule has 0 radical (unpaired) electrons. The number of anilines is 1. The summed E-state index contributed by atoms with van der Waals surface area (Å²) in [5.41, 5.74) is 1.20. The van der Waals surface area contributed by atoms with Crippen LogP contribution in [0.3, 0.4) is 0 Å². The highest BCUT2D eigenvalue weighted by Gasteiger charge is 2.25. The molecule has 6 nitrogen and oxygen atoms in total. The fourth-order valence-electron chi connectivity index (χ4n) is 3.54. The van der Waals surface area contributed by atoms with Crippen LogP contribution < -0.4 is 4.90 Å². The molecular formula is C21H17ClN4O2. The van der Waals surface area contributed by atoms with Crippen LogP contribution in [0, 0.1) is 0 Å². The monoisotopic (exact) mass is 392 g/mol. The molecule has 1 fully saturated rings. The number of halogens is 1. The lowest BCUT2D eigenvalue weighted by atomic mass is 10.2. The topological polar surface area (TPSA) is 62.5 Å². The summed E-state index contributed by atoms with van der Waals surface area (Å²) in [5, 5.41) is 2.39. The van der Waals surface area contributed by atoms with Crippen molar-refractivity contribution in [2.75, 3.05) is 31.1 Å². The predicted molar refractivity (Wildman–Crippen MR) is 109 cm³/mol. The Balaban J connectivity index is 1.36. The van der Waals surface area contributed by atoms with Gasteiger partial charge in [0.2, 0.25) is 5.71 Å². The van der Waals surface area contributed by atoms with E-state index in [1.165, 1.54) is 0 Å². The molecule has 4 aromatic rings. The Morgan fingerprint density at radius 1 is 1.00 bits per heavy atom. The van der Waals surface area contributed by atoms with Crippen LogP contribution in [-0.2, 0) is 0 Å². The van der Waals surface area contributed by atoms with Crippen molar-refractivity contribution in [1.82, 2.24) is 14.9 Å². The number of rotatable bonds is 2. The summed E-state index contributed by atoms with van der Waals surface area (Å²) in [6.45, 7) is 2.72. The van der Waals surface area contributed by atoms with Crippen molar-refractivity contribution in [2.24, 2.45) is 0 Å². The lowest BCUT2D eigenvalue weighted by Gasteiger charge is -2.34. The number of hydrogen-bond donors (Lipinski definition) is 0. The fourth-order valence-corrected chi connectivity index (χ4v) is 3.71. The van der Waals surface area contributed by atoms with Crippen LogP contribution in [0.5, 0.6) is 0 Å². The van der Waals surface area contributed by atoms with Crippen molar-refractivity contribution in [2.45, 2.75) is 0 Å². The molecule has 0 spiro atoms. The first-order valence-corrected chi connectivity index (χ1v) is 9.50. The van der Waals surface area contributed by atoms with Gasteiger partial charge in [0.25, 0.3) is 5.91 Å². The second kappa shape index (κ2) is 6.80. The van der Waals surface area contributed by atoms with Crippen LogP contribution >= 0.6 is 11.6 Å². The molecule has 1 amide bonds. The van der Waals surface area contributed by atoms with Crippen LogP contribution in [0.2, 0.25) is 5.02 Å². The van der Waals surface area contributed by atoms with Gasteiger partial charge in [-0.1, -0.05) is 23.7 Å². The first kappa shape index (κ1) is 17.0. The molecule has 1 saturated heterocycles. The summed E-state index contributed by atoms with van der Waals surface area (Å²) in [6, 6.07) is 15.1.